The molecule has 0 aromatic carbocycles. The molecule has 0 unspecified atom stereocenters. The molecule has 2 fully saturated rings. The van der Waals surface area contributed by atoms with Gasteiger partial charge >= 0.3 is 0 Å². The van der Waals surface area contributed by atoms with Gasteiger partial charge in [-0.15, -0.1) is 0 Å². The van der Waals surface area contributed by atoms with Crippen molar-refractivity contribution in [3.05, 3.63) is 0 Å². The summed E-state index contributed by atoms with van der Waals surface area (Å²) in [6, 6.07) is 0.582. The maximum Gasteiger partial charge on any atom is 0.123 e. The zero-order valence-corrected chi connectivity index (χ0v) is 9.41. The van der Waals surface area contributed by atoms with Gasteiger partial charge in [0.2, 0.25) is 0 Å². The van der Waals surface area contributed by atoms with Gasteiger partial charge in [-0.3, -0.25) is 0 Å². The zero-order valence-electron chi connectivity index (χ0n) is 9.41. The van der Waals surface area contributed by atoms with Crippen LogP contribution in [-0.2, 0) is 0 Å². The molecule has 0 aromatic rings. The molecular weight excluding hydrogens is 177 g/mol. The Morgan fingerprint density at radius 1 is 1.21 bits per heavy atom. The lowest BCUT2D eigenvalue weighted by molar-refractivity contribution is 0.0960. The van der Waals surface area contributed by atoms with Crippen LogP contribution in [0.2, 0.25) is 0 Å². The standard InChI is InChI=1S/C12H22FN/c1-11(2)7-10(8-11)14-9-12(13)5-3-4-6-12/h10,14H,3-9H2,1-2H3. The summed E-state index contributed by atoms with van der Waals surface area (Å²) in [6.07, 6.45) is 6.13. The van der Waals surface area contributed by atoms with Crippen molar-refractivity contribution in [3.8, 4) is 0 Å². The summed E-state index contributed by atoms with van der Waals surface area (Å²) < 4.78 is 14.0. The molecule has 0 aromatic heterocycles. The molecule has 0 heterocycles. The van der Waals surface area contributed by atoms with Crippen LogP contribution in [0.15, 0.2) is 0 Å². The van der Waals surface area contributed by atoms with Crippen LogP contribution in [0, 0.1) is 5.41 Å². The summed E-state index contributed by atoms with van der Waals surface area (Å²) in [5.41, 5.74) is -0.378. The summed E-state index contributed by atoms with van der Waals surface area (Å²) in [5, 5.41) is 3.38. The van der Waals surface area contributed by atoms with Crippen LogP contribution >= 0.6 is 0 Å². The zero-order chi connectivity index (χ0) is 10.2. The quantitative estimate of drug-likeness (QED) is 0.736. The Labute approximate surface area is 86.5 Å². The smallest absolute Gasteiger partial charge is 0.123 e. The molecule has 1 N–H and O–H groups in total. The predicted molar refractivity (Wildman–Crippen MR) is 57.1 cm³/mol. The van der Waals surface area contributed by atoms with E-state index < -0.39 is 5.67 Å². The minimum Gasteiger partial charge on any atom is -0.311 e. The Kier molecular flexibility index (Phi) is 2.59. The summed E-state index contributed by atoms with van der Waals surface area (Å²) in [6.45, 7) is 5.16. The molecule has 2 rings (SSSR count). The van der Waals surface area contributed by atoms with Crippen LogP contribution in [0.4, 0.5) is 4.39 Å². The van der Waals surface area contributed by atoms with E-state index in [-0.39, 0.29) is 0 Å². The van der Waals surface area contributed by atoms with Crippen LogP contribution in [0.25, 0.3) is 0 Å². The van der Waals surface area contributed by atoms with Crippen LogP contribution in [0.1, 0.15) is 52.4 Å². The molecular formula is C12H22FN. The highest BCUT2D eigenvalue weighted by atomic mass is 19.1. The largest absolute Gasteiger partial charge is 0.311 e. The highest BCUT2D eigenvalue weighted by molar-refractivity contribution is 4.94. The average Bonchev–Trinajstić information content (AvgIpc) is 2.45. The lowest BCUT2D eigenvalue weighted by Gasteiger charge is -2.44. The highest BCUT2D eigenvalue weighted by Gasteiger charge is 2.39. The predicted octanol–water partition coefficient (Wildman–Crippen LogP) is 3.05. The van der Waals surface area contributed by atoms with Crippen molar-refractivity contribution >= 4 is 0 Å². The molecule has 2 aliphatic carbocycles. The van der Waals surface area contributed by atoms with Crippen molar-refractivity contribution in [1.29, 1.82) is 0 Å². The molecule has 0 radical (unpaired) electrons. The number of nitrogens with one attached hydrogen (secondary N) is 1. The number of hydrogen-bond acceptors (Lipinski definition) is 1. The fourth-order valence-corrected chi connectivity index (χ4v) is 2.93. The van der Waals surface area contributed by atoms with E-state index in [1.54, 1.807) is 0 Å². The van der Waals surface area contributed by atoms with Gasteiger partial charge in [-0.1, -0.05) is 26.7 Å². The molecule has 2 heteroatoms. The molecule has 0 saturated heterocycles. The van der Waals surface area contributed by atoms with Crippen LogP contribution < -0.4 is 5.32 Å². The van der Waals surface area contributed by atoms with Gasteiger partial charge in [0.05, 0.1) is 0 Å². The van der Waals surface area contributed by atoms with Gasteiger partial charge in [-0.2, -0.15) is 0 Å². The molecule has 0 aliphatic heterocycles. The molecule has 2 saturated carbocycles. The minimum atomic E-state index is -0.875. The first-order valence-corrected chi connectivity index (χ1v) is 5.92. The van der Waals surface area contributed by atoms with Crippen molar-refractivity contribution in [2.75, 3.05) is 6.54 Å². The van der Waals surface area contributed by atoms with Crippen molar-refractivity contribution in [2.45, 2.75) is 64.1 Å². The summed E-state index contributed by atoms with van der Waals surface area (Å²) in [4.78, 5) is 0. The maximum absolute atomic E-state index is 14.0. The molecule has 14 heavy (non-hydrogen) atoms. The topological polar surface area (TPSA) is 12.0 Å². The third kappa shape index (κ3) is 2.28. The van der Waals surface area contributed by atoms with E-state index in [1.165, 1.54) is 12.8 Å². The monoisotopic (exact) mass is 199 g/mol. The third-order valence-electron chi connectivity index (χ3n) is 3.81. The Morgan fingerprint density at radius 3 is 2.29 bits per heavy atom. The first kappa shape index (κ1) is 10.4. The van der Waals surface area contributed by atoms with Crippen molar-refractivity contribution in [1.82, 2.24) is 5.32 Å². The van der Waals surface area contributed by atoms with Gasteiger partial charge in [0.15, 0.2) is 0 Å². The number of alkyl halides is 1. The highest BCUT2D eigenvalue weighted by Crippen LogP contribution is 2.40. The Hall–Kier alpha value is -0.110. The summed E-state index contributed by atoms with van der Waals surface area (Å²) in [7, 11) is 0. The average molecular weight is 199 g/mol. The molecule has 2 aliphatic rings. The number of rotatable bonds is 3. The van der Waals surface area contributed by atoms with Crippen LogP contribution in [0.5, 0.6) is 0 Å². The van der Waals surface area contributed by atoms with Gasteiger partial charge < -0.3 is 5.32 Å². The minimum absolute atomic E-state index is 0.497. The maximum atomic E-state index is 14.0. The summed E-state index contributed by atoms with van der Waals surface area (Å²) in [5.74, 6) is 0. The van der Waals surface area contributed by atoms with E-state index in [1.807, 2.05) is 0 Å². The van der Waals surface area contributed by atoms with Crippen LogP contribution in [-0.4, -0.2) is 18.3 Å². The SMILES string of the molecule is CC1(C)CC(NCC2(F)CCCC2)C1. The first-order valence-electron chi connectivity index (χ1n) is 5.92. The van der Waals surface area contributed by atoms with Crippen molar-refractivity contribution in [3.63, 3.8) is 0 Å². The lowest BCUT2D eigenvalue weighted by atomic mass is 9.68. The van der Waals surface area contributed by atoms with Crippen molar-refractivity contribution < 1.29 is 4.39 Å². The Balaban J connectivity index is 1.68. The molecule has 0 spiro atoms. The normalized spacial score (nSPS) is 30.2. The van der Waals surface area contributed by atoms with Gasteiger partial charge in [-0.25, -0.2) is 4.39 Å². The van der Waals surface area contributed by atoms with E-state index in [2.05, 4.69) is 19.2 Å². The van der Waals surface area contributed by atoms with E-state index >= 15 is 0 Å². The second kappa shape index (κ2) is 3.48. The second-order valence-electron chi connectivity index (χ2n) is 6.01. The molecule has 82 valence electrons. The third-order valence-corrected chi connectivity index (χ3v) is 3.81. The van der Waals surface area contributed by atoms with E-state index in [4.69, 9.17) is 0 Å². The molecule has 0 atom stereocenters. The lowest BCUT2D eigenvalue weighted by Crippen LogP contribution is -2.49. The molecule has 1 nitrogen and oxygen atoms in total. The summed E-state index contributed by atoms with van der Waals surface area (Å²) >= 11 is 0. The van der Waals surface area contributed by atoms with Gasteiger partial charge in [-0.05, 0) is 31.1 Å². The number of halogens is 1. The van der Waals surface area contributed by atoms with Gasteiger partial charge in [0.1, 0.15) is 5.67 Å². The van der Waals surface area contributed by atoms with Crippen molar-refractivity contribution in [2.24, 2.45) is 5.41 Å². The van der Waals surface area contributed by atoms with Crippen LogP contribution in [0.3, 0.4) is 0 Å². The van der Waals surface area contributed by atoms with E-state index in [0.717, 1.165) is 25.7 Å². The fraction of sp³-hybridized carbons (Fsp3) is 1.00. The van der Waals surface area contributed by atoms with Gasteiger partial charge in [0, 0.05) is 12.6 Å². The first-order chi connectivity index (χ1) is 6.49. The molecule has 0 amide bonds. The number of hydrogen-bond donors (Lipinski definition) is 1. The Morgan fingerprint density at radius 2 is 1.79 bits per heavy atom. The van der Waals surface area contributed by atoms with Gasteiger partial charge in [0.25, 0.3) is 0 Å². The van der Waals surface area contributed by atoms with E-state index in [9.17, 15) is 4.39 Å². The second-order valence-corrected chi connectivity index (χ2v) is 6.01. The van der Waals surface area contributed by atoms with E-state index in [0.29, 0.717) is 18.0 Å². The molecule has 0 bridgehead atoms. The fourth-order valence-electron chi connectivity index (χ4n) is 2.93. The Bertz CT molecular complexity index is 198.